The van der Waals surface area contributed by atoms with Gasteiger partial charge in [0, 0.05) is 34.1 Å². The molecule has 0 saturated heterocycles. The summed E-state index contributed by atoms with van der Waals surface area (Å²) in [5, 5.41) is 7.53. The SMILES string of the molecule is C[C@@H](OC(=O)/C=C/c1cn(-c2ccccc2)nc1-c1ccc(Cl)cc1)C(=O)Nc1cccc(C(F)(F)F)c1. The molecule has 0 aliphatic rings. The lowest BCUT2D eigenvalue weighted by Gasteiger charge is -2.13. The number of alkyl halides is 3. The maximum absolute atomic E-state index is 12.9. The van der Waals surface area contributed by atoms with Crippen LogP contribution in [0.5, 0.6) is 0 Å². The second-order valence-electron chi connectivity index (χ2n) is 8.20. The summed E-state index contributed by atoms with van der Waals surface area (Å²) in [6, 6.07) is 20.6. The van der Waals surface area contributed by atoms with E-state index in [2.05, 4.69) is 10.4 Å². The molecule has 194 valence electrons. The smallest absolute Gasteiger partial charge is 0.416 e. The number of nitrogens with zero attached hydrogens (tertiary/aromatic N) is 2. The highest BCUT2D eigenvalue weighted by molar-refractivity contribution is 6.30. The van der Waals surface area contributed by atoms with Crippen LogP contribution in [0.15, 0.2) is 91.1 Å². The average Bonchev–Trinajstić information content (AvgIpc) is 3.32. The Morgan fingerprint density at radius 3 is 2.42 bits per heavy atom. The number of amides is 1. The molecule has 0 fully saturated rings. The molecule has 0 aliphatic carbocycles. The minimum atomic E-state index is -4.55. The second kappa shape index (κ2) is 11.4. The minimum absolute atomic E-state index is 0.0656. The molecule has 1 heterocycles. The predicted octanol–water partition coefficient (Wildman–Crippen LogP) is 6.80. The van der Waals surface area contributed by atoms with Crippen LogP contribution >= 0.6 is 11.6 Å². The van der Waals surface area contributed by atoms with Crippen molar-refractivity contribution in [1.82, 2.24) is 9.78 Å². The van der Waals surface area contributed by atoms with E-state index in [1.54, 1.807) is 35.1 Å². The number of esters is 1. The molecule has 0 radical (unpaired) electrons. The van der Waals surface area contributed by atoms with Crippen LogP contribution in [0.2, 0.25) is 5.02 Å². The van der Waals surface area contributed by atoms with Crippen LogP contribution in [0.3, 0.4) is 0 Å². The fraction of sp³-hybridized carbons (Fsp3) is 0.107. The van der Waals surface area contributed by atoms with E-state index >= 15 is 0 Å². The highest BCUT2D eigenvalue weighted by atomic mass is 35.5. The third-order valence-corrected chi connectivity index (χ3v) is 5.65. The van der Waals surface area contributed by atoms with Crippen molar-refractivity contribution in [2.45, 2.75) is 19.2 Å². The van der Waals surface area contributed by atoms with Gasteiger partial charge in [0.05, 0.1) is 16.9 Å². The Balaban J connectivity index is 1.48. The van der Waals surface area contributed by atoms with Crippen molar-refractivity contribution in [1.29, 1.82) is 0 Å². The first kappa shape index (κ1) is 26.7. The number of carbonyl (C=O) groups excluding carboxylic acids is 2. The molecular formula is C28H21ClF3N3O3. The van der Waals surface area contributed by atoms with Gasteiger partial charge in [-0.25, -0.2) is 9.48 Å². The molecule has 0 unspecified atom stereocenters. The lowest BCUT2D eigenvalue weighted by molar-refractivity contribution is -0.148. The molecule has 0 saturated carbocycles. The normalized spacial score (nSPS) is 12.3. The fourth-order valence-electron chi connectivity index (χ4n) is 3.50. The number of nitrogens with one attached hydrogen (secondary N) is 1. The highest BCUT2D eigenvalue weighted by Crippen LogP contribution is 2.31. The van der Waals surface area contributed by atoms with E-state index in [1.807, 2.05) is 30.3 Å². The zero-order valence-electron chi connectivity index (χ0n) is 19.9. The van der Waals surface area contributed by atoms with E-state index in [-0.39, 0.29) is 5.69 Å². The summed E-state index contributed by atoms with van der Waals surface area (Å²) >= 11 is 6.01. The number of halogens is 4. The number of aromatic nitrogens is 2. The summed E-state index contributed by atoms with van der Waals surface area (Å²) in [5.74, 6) is -1.59. The van der Waals surface area contributed by atoms with E-state index in [0.717, 1.165) is 29.5 Å². The van der Waals surface area contributed by atoms with Gasteiger partial charge in [-0.15, -0.1) is 0 Å². The predicted molar refractivity (Wildman–Crippen MR) is 139 cm³/mol. The molecule has 1 atom stereocenters. The van der Waals surface area contributed by atoms with Gasteiger partial charge in [0.25, 0.3) is 5.91 Å². The monoisotopic (exact) mass is 539 g/mol. The molecule has 1 amide bonds. The first-order valence-corrected chi connectivity index (χ1v) is 11.8. The van der Waals surface area contributed by atoms with E-state index in [4.69, 9.17) is 16.3 Å². The Labute approximate surface area is 221 Å². The van der Waals surface area contributed by atoms with Crippen molar-refractivity contribution in [3.63, 3.8) is 0 Å². The molecule has 6 nitrogen and oxygen atoms in total. The zero-order chi connectivity index (χ0) is 27.3. The Morgan fingerprint density at radius 1 is 1.03 bits per heavy atom. The first-order valence-electron chi connectivity index (χ1n) is 11.4. The minimum Gasteiger partial charge on any atom is -0.449 e. The third-order valence-electron chi connectivity index (χ3n) is 5.40. The number of rotatable bonds is 7. The summed E-state index contributed by atoms with van der Waals surface area (Å²) in [6.07, 6.45) is -1.41. The van der Waals surface area contributed by atoms with Gasteiger partial charge in [-0.05, 0) is 55.5 Å². The molecule has 1 aromatic heterocycles. The zero-order valence-corrected chi connectivity index (χ0v) is 20.7. The van der Waals surface area contributed by atoms with Crippen molar-refractivity contribution in [2.75, 3.05) is 5.32 Å². The first-order chi connectivity index (χ1) is 18.1. The standard InChI is InChI=1S/C28H21ClF3N3O3/c1-18(27(37)33-23-7-5-6-21(16-23)28(30,31)32)38-25(36)15-12-20-17-35(24-8-3-2-4-9-24)34-26(20)19-10-13-22(29)14-11-19/h2-18H,1H3,(H,33,37)/b15-12+/t18-/m1/s1. The lowest BCUT2D eigenvalue weighted by atomic mass is 10.1. The maximum atomic E-state index is 12.9. The van der Waals surface area contributed by atoms with Gasteiger partial charge in [0.1, 0.15) is 0 Å². The number of hydrogen-bond acceptors (Lipinski definition) is 4. The number of benzene rings is 3. The number of ether oxygens (including phenoxy) is 1. The Bertz CT molecular complexity index is 1470. The van der Waals surface area contributed by atoms with Crippen molar-refractivity contribution >= 4 is 35.2 Å². The quantitative estimate of drug-likeness (QED) is 0.207. The van der Waals surface area contributed by atoms with Crippen molar-refractivity contribution < 1.29 is 27.5 Å². The number of carbonyl (C=O) groups is 2. The van der Waals surface area contributed by atoms with Gasteiger partial charge >= 0.3 is 12.1 Å². The van der Waals surface area contributed by atoms with Gasteiger partial charge in [0.15, 0.2) is 6.10 Å². The van der Waals surface area contributed by atoms with Crippen molar-refractivity contribution in [3.05, 3.63) is 107 Å². The van der Waals surface area contributed by atoms with Crippen molar-refractivity contribution in [3.8, 4) is 16.9 Å². The molecule has 38 heavy (non-hydrogen) atoms. The van der Waals surface area contributed by atoms with E-state index in [1.165, 1.54) is 25.1 Å². The topological polar surface area (TPSA) is 73.2 Å². The van der Waals surface area contributed by atoms with Crippen LogP contribution < -0.4 is 5.32 Å². The van der Waals surface area contributed by atoms with Crippen LogP contribution in [0.1, 0.15) is 18.1 Å². The van der Waals surface area contributed by atoms with Gasteiger partial charge in [-0.1, -0.05) is 48.0 Å². The summed E-state index contributed by atoms with van der Waals surface area (Å²) < 4.78 is 45.6. The molecule has 1 N–H and O–H groups in total. The van der Waals surface area contributed by atoms with Crippen LogP contribution in [0.25, 0.3) is 23.0 Å². The lowest BCUT2D eigenvalue weighted by Crippen LogP contribution is -2.29. The van der Waals surface area contributed by atoms with Crippen LogP contribution in [0.4, 0.5) is 18.9 Å². The van der Waals surface area contributed by atoms with Gasteiger partial charge in [-0.3, -0.25) is 4.79 Å². The third kappa shape index (κ3) is 6.68. The fourth-order valence-corrected chi connectivity index (χ4v) is 3.62. The molecule has 0 bridgehead atoms. The molecule has 10 heteroatoms. The number of hydrogen-bond donors (Lipinski definition) is 1. The second-order valence-corrected chi connectivity index (χ2v) is 8.64. The molecular weight excluding hydrogens is 519 g/mol. The van der Waals surface area contributed by atoms with Crippen molar-refractivity contribution in [2.24, 2.45) is 0 Å². The highest BCUT2D eigenvalue weighted by Gasteiger charge is 2.30. The summed E-state index contributed by atoms with van der Waals surface area (Å²) in [6.45, 7) is 1.32. The maximum Gasteiger partial charge on any atom is 0.416 e. The molecule has 4 aromatic rings. The van der Waals surface area contributed by atoms with Gasteiger partial charge < -0.3 is 10.1 Å². The Morgan fingerprint density at radius 2 is 1.74 bits per heavy atom. The van der Waals surface area contributed by atoms with Crippen LogP contribution in [-0.2, 0) is 20.5 Å². The number of anilines is 1. The summed E-state index contributed by atoms with van der Waals surface area (Å²) in [4.78, 5) is 24.8. The summed E-state index contributed by atoms with van der Waals surface area (Å²) in [5.41, 5.74) is 1.80. The van der Waals surface area contributed by atoms with E-state index < -0.39 is 29.7 Å². The summed E-state index contributed by atoms with van der Waals surface area (Å²) in [7, 11) is 0. The molecule has 3 aromatic carbocycles. The number of para-hydroxylation sites is 1. The molecule has 4 rings (SSSR count). The average molecular weight is 540 g/mol. The van der Waals surface area contributed by atoms with Gasteiger partial charge in [-0.2, -0.15) is 18.3 Å². The van der Waals surface area contributed by atoms with Crippen LogP contribution in [0, 0.1) is 0 Å². The molecule has 0 spiro atoms. The Kier molecular flexibility index (Phi) is 7.97. The van der Waals surface area contributed by atoms with Gasteiger partial charge in [0.2, 0.25) is 0 Å². The molecule has 0 aliphatic heterocycles. The van der Waals surface area contributed by atoms with Crippen LogP contribution in [-0.4, -0.2) is 27.8 Å². The van der Waals surface area contributed by atoms with E-state index in [9.17, 15) is 22.8 Å². The largest absolute Gasteiger partial charge is 0.449 e. The Hall–Kier alpha value is -4.37. The van der Waals surface area contributed by atoms with E-state index in [0.29, 0.717) is 16.3 Å².